The lowest BCUT2D eigenvalue weighted by Gasteiger charge is -2.08. The Morgan fingerprint density at radius 1 is 1.71 bits per heavy atom. The highest BCUT2D eigenvalue weighted by atomic mass is 16.4. The zero-order valence-electron chi connectivity index (χ0n) is 7.90. The second kappa shape index (κ2) is 4.06. The molecule has 1 aromatic heterocycles. The first-order valence-corrected chi connectivity index (χ1v) is 4.20. The summed E-state index contributed by atoms with van der Waals surface area (Å²) in [6, 6.07) is 0.867. The second-order valence-electron chi connectivity index (χ2n) is 3.21. The van der Waals surface area contributed by atoms with E-state index in [1.165, 1.54) is 0 Å². The van der Waals surface area contributed by atoms with E-state index in [0.717, 1.165) is 5.56 Å². The molecule has 5 nitrogen and oxygen atoms in total. The normalized spacial score (nSPS) is 12.4. The van der Waals surface area contributed by atoms with Gasteiger partial charge in [-0.1, -0.05) is 6.07 Å². The van der Waals surface area contributed by atoms with Crippen molar-refractivity contribution in [2.45, 2.75) is 19.4 Å². The third-order valence-electron chi connectivity index (χ3n) is 1.90. The number of nitrogen functional groups attached to an aromatic ring is 1. The van der Waals surface area contributed by atoms with E-state index >= 15 is 0 Å². The molecule has 76 valence electrons. The van der Waals surface area contributed by atoms with E-state index in [1.807, 2.05) is 6.92 Å². The number of nitrogens with two attached hydrogens (primary N) is 2. The number of pyridine rings is 1. The predicted octanol–water partition coefficient (Wildman–Crippen LogP) is -0.0734. The maximum atomic E-state index is 10.5. The first kappa shape index (κ1) is 10.5. The molecule has 0 saturated heterocycles. The zero-order chi connectivity index (χ0) is 10.7. The highest BCUT2D eigenvalue weighted by Crippen LogP contribution is 2.11. The number of nitrogens with zero attached hydrogens (tertiary/aromatic N) is 1. The van der Waals surface area contributed by atoms with Crippen LogP contribution in [-0.4, -0.2) is 22.1 Å². The summed E-state index contributed by atoms with van der Waals surface area (Å²) < 4.78 is 0. The average Bonchev–Trinajstić information content (AvgIpc) is 2.11. The van der Waals surface area contributed by atoms with Crippen molar-refractivity contribution in [1.82, 2.24) is 4.98 Å². The van der Waals surface area contributed by atoms with Crippen LogP contribution in [0.3, 0.4) is 0 Å². The van der Waals surface area contributed by atoms with Crippen molar-refractivity contribution in [1.29, 1.82) is 0 Å². The average molecular weight is 195 g/mol. The Hall–Kier alpha value is -1.62. The highest BCUT2D eigenvalue weighted by Gasteiger charge is 2.14. The van der Waals surface area contributed by atoms with Crippen molar-refractivity contribution >= 4 is 11.8 Å². The molecule has 0 saturated carbocycles. The minimum absolute atomic E-state index is 0.204. The molecule has 0 aliphatic heterocycles. The number of hydrogen-bond donors (Lipinski definition) is 3. The topological polar surface area (TPSA) is 102 Å². The molecule has 0 aliphatic rings. The third-order valence-corrected chi connectivity index (χ3v) is 1.90. The zero-order valence-corrected chi connectivity index (χ0v) is 7.90. The molecule has 1 aromatic rings. The van der Waals surface area contributed by atoms with Crippen LogP contribution in [0, 0.1) is 6.92 Å². The maximum absolute atomic E-state index is 10.5. The van der Waals surface area contributed by atoms with Crippen LogP contribution in [0.2, 0.25) is 0 Å². The molecule has 5 heteroatoms. The van der Waals surface area contributed by atoms with Crippen molar-refractivity contribution < 1.29 is 9.90 Å². The van der Waals surface area contributed by atoms with Crippen molar-refractivity contribution in [3.8, 4) is 0 Å². The number of anilines is 1. The minimum Gasteiger partial charge on any atom is -0.480 e. The largest absolute Gasteiger partial charge is 0.480 e. The summed E-state index contributed by atoms with van der Waals surface area (Å²) in [7, 11) is 0. The summed E-state index contributed by atoms with van der Waals surface area (Å²) in [6.45, 7) is 1.86. The number of carboxylic acid groups (broad SMARTS) is 1. The monoisotopic (exact) mass is 195 g/mol. The van der Waals surface area contributed by atoms with Crippen molar-refractivity contribution in [2.24, 2.45) is 5.73 Å². The van der Waals surface area contributed by atoms with Gasteiger partial charge in [-0.2, -0.15) is 0 Å². The summed E-state index contributed by atoms with van der Waals surface area (Å²) in [5.41, 5.74) is 12.6. The van der Waals surface area contributed by atoms with E-state index in [0.29, 0.717) is 11.4 Å². The fourth-order valence-electron chi connectivity index (χ4n) is 1.13. The molecule has 1 unspecified atom stereocenters. The molecule has 14 heavy (non-hydrogen) atoms. The van der Waals surface area contributed by atoms with Gasteiger partial charge in [0.2, 0.25) is 0 Å². The fourth-order valence-corrected chi connectivity index (χ4v) is 1.13. The van der Waals surface area contributed by atoms with Gasteiger partial charge in [-0.25, -0.2) is 4.98 Å². The Balaban J connectivity index is 2.85. The lowest BCUT2D eigenvalue weighted by atomic mass is 10.1. The van der Waals surface area contributed by atoms with Gasteiger partial charge in [0.15, 0.2) is 0 Å². The Bertz CT molecular complexity index is 352. The van der Waals surface area contributed by atoms with E-state index in [1.54, 1.807) is 12.3 Å². The van der Waals surface area contributed by atoms with E-state index in [4.69, 9.17) is 16.6 Å². The number of aliphatic carboxylic acids is 1. The smallest absolute Gasteiger partial charge is 0.320 e. The van der Waals surface area contributed by atoms with E-state index in [2.05, 4.69) is 4.98 Å². The van der Waals surface area contributed by atoms with Gasteiger partial charge in [0.25, 0.3) is 0 Å². The van der Waals surface area contributed by atoms with Crippen LogP contribution in [0.25, 0.3) is 0 Å². The maximum Gasteiger partial charge on any atom is 0.320 e. The predicted molar refractivity (Wildman–Crippen MR) is 52.7 cm³/mol. The Kier molecular flexibility index (Phi) is 3.03. The van der Waals surface area contributed by atoms with Crippen LogP contribution in [0.1, 0.15) is 11.1 Å². The molecule has 1 heterocycles. The Morgan fingerprint density at radius 3 is 2.93 bits per heavy atom. The fraction of sp³-hybridized carbons (Fsp3) is 0.333. The first-order valence-electron chi connectivity index (χ1n) is 4.20. The quantitative estimate of drug-likeness (QED) is 0.626. The summed E-state index contributed by atoms with van der Waals surface area (Å²) in [6.07, 6.45) is 1.83. The summed E-state index contributed by atoms with van der Waals surface area (Å²) in [4.78, 5) is 14.4. The third kappa shape index (κ3) is 2.43. The number of rotatable bonds is 3. The highest BCUT2D eigenvalue weighted by molar-refractivity contribution is 5.73. The molecule has 1 rings (SSSR count). The number of aromatic nitrogens is 1. The Labute approximate surface area is 81.7 Å². The van der Waals surface area contributed by atoms with Gasteiger partial charge in [-0.15, -0.1) is 0 Å². The summed E-state index contributed by atoms with van der Waals surface area (Å²) in [5.74, 6) is -0.696. The van der Waals surface area contributed by atoms with E-state index in [9.17, 15) is 4.79 Å². The molecule has 0 aliphatic carbocycles. The van der Waals surface area contributed by atoms with Crippen LogP contribution in [0.5, 0.6) is 0 Å². The lowest BCUT2D eigenvalue weighted by molar-refractivity contribution is -0.138. The molecule has 0 bridgehead atoms. The first-order chi connectivity index (χ1) is 6.50. The molecular weight excluding hydrogens is 182 g/mol. The van der Waals surface area contributed by atoms with E-state index < -0.39 is 12.0 Å². The van der Waals surface area contributed by atoms with Gasteiger partial charge in [-0.3, -0.25) is 4.79 Å². The van der Waals surface area contributed by atoms with Gasteiger partial charge < -0.3 is 16.6 Å². The van der Waals surface area contributed by atoms with Gasteiger partial charge >= 0.3 is 5.97 Å². The molecule has 5 N–H and O–H groups in total. The van der Waals surface area contributed by atoms with Crippen LogP contribution in [-0.2, 0) is 11.2 Å². The number of aryl methyl sites for hydroxylation is 1. The van der Waals surface area contributed by atoms with Crippen LogP contribution in [0.15, 0.2) is 12.3 Å². The minimum atomic E-state index is -1.04. The summed E-state index contributed by atoms with van der Waals surface area (Å²) >= 11 is 0. The van der Waals surface area contributed by atoms with Gasteiger partial charge in [0, 0.05) is 12.6 Å². The molecular formula is C9H13N3O2. The van der Waals surface area contributed by atoms with Crippen LogP contribution >= 0.6 is 0 Å². The SMILES string of the molecule is Cc1cnc(N)c(CC(N)C(=O)O)c1. The number of carboxylic acids is 1. The standard InChI is InChI=1S/C9H13N3O2/c1-5-2-6(8(11)12-4-5)3-7(10)9(13)14/h2,4,7H,3,10H2,1H3,(H2,11,12)(H,13,14). The van der Waals surface area contributed by atoms with Gasteiger partial charge in [0.1, 0.15) is 11.9 Å². The van der Waals surface area contributed by atoms with E-state index in [-0.39, 0.29) is 6.42 Å². The molecule has 0 radical (unpaired) electrons. The molecule has 1 atom stereocenters. The number of hydrogen-bond acceptors (Lipinski definition) is 4. The van der Waals surface area contributed by atoms with Crippen molar-refractivity contribution in [2.75, 3.05) is 5.73 Å². The molecule has 0 amide bonds. The molecule has 0 fully saturated rings. The van der Waals surface area contributed by atoms with Crippen LogP contribution < -0.4 is 11.5 Å². The van der Waals surface area contributed by atoms with Gasteiger partial charge in [-0.05, 0) is 18.1 Å². The lowest BCUT2D eigenvalue weighted by Crippen LogP contribution is -2.32. The number of carbonyl (C=O) groups is 1. The second-order valence-corrected chi connectivity index (χ2v) is 3.21. The Morgan fingerprint density at radius 2 is 2.36 bits per heavy atom. The van der Waals surface area contributed by atoms with Crippen LogP contribution in [0.4, 0.5) is 5.82 Å². The summed E-state index contributed by atoms with van der Waals surface area (Å²) in [5, 5.41) is 8.62. The van der Waals surface area contributed by atoms with Crippen molar-refractivity contribution in [3.05, 3.63) is 23.4 Å². The van der Waals surface area contributed by atoms with Gasteiger partial charge in [0.05, 0.1) is 0 Å². The van der Waals surface area contributed by atoms with Crippen molar-refractivity contribution in [3.63, 3.8) is 0 Å². The molecule has 0 aromatic carbocycles. The molecule has 0 spiro atoms.